The molecule has 1 aliphatic rings. The zero-order valence-corrected chi connectivity index (χ0v) is 10.9. The molecule has 3 N–H and O–H groups in total. The Morgan fingerprint density at radius 1 is 1.69 bits per heavy atom. The van der Waals surface area contributed by atoms with E-state index >= 15 is 0 Å². The average molecular weight is 266 g/mol. The Bertz CT molecular complexity index is 356. The maximum absolute atomic E-state index is 12.2. The number of hydrogen-bond donors (Lipinski definition) is 2. The molecule has 0 amide bonds. The lowest BCUT2D eigenvalue weighted by atomic mass is 10.2. The first kappa shape index (κ1) is 13.8. The Hall–Kier alpha value is -0.240. The van der Waals surface area contributed by atoms with Crippen molar-refractivity contribution in [3.05, 3.63) is 0 Å². The van der Waals surface area contributed by atoms with E-state index in [9.17, 15) is 8.42 Å². The van der Waals surface area contributed by atoms with Crippen LogP contribution in [0.4, 0.5) is 0 Å². The highest BCUT2D eigenvalue weighted by molar-refractivity contribution is 7.92. The van der Waals surface area contributed by atoms with Crippen molar-refractivity contribution in [2.45, 2.75) is 37.5 Å². The highest BCUT2D eigenvalue weighted by Gasteiger charge is 2.39. The van der Waals surface area contributed by atoms with Crippen molar-refractivity contribution in [2.75, 3.05) is 13.2 Å². The Morgan fingerprint density at radius 3 is 2.75 bits per heavy atom. The van der Waals surface area contributed by atoms with Gasteiger partial charge in [-0.2, -0.15) is 4.31 Å². The lowest BCUT2D eigenvalue weighted by molar-refractivity contribution is 0.213. The number of thiocarbonyl (C=S) groups is 1. The van der Waals surface area contributed by atoms with E-state index in [-0.39, 0.29) is 17.6 Å². The van der Waals surface area contributed by atoms with E-state index in [0.717, 1.165) is 6.42 Å². The molecule has 0 aromatic carbocycles. The summed E-state index contributed by atoms with van der Waals surface area (Å²) in [6.45, 7) is 2.05. The van der Waals surface area contributed by atoms with Gasteiger partial charge in [0.1, 0.15) is 5.25 Å². The molecule has 5 nitrogen and oxygen atoms in total. The van der Waals surface area contributed by atoms with Gasteiger partial charge in [-0.05, 0) is 19.3 Å². The standard InChI is InChI=1S/C9H18N2O3S2/c1-2-8(9(10)15)16(13,14)11-5-3-4-7(11)6-12/h7-8,12H,2-6H2,1H3,(H2,10,15). The Morgan fingerprint density at radius 2 is 2.31 bits per heavy atom. The normalized spacial score (nSPS) is 24.5. The van der Waals surface area contributed by atoms with Crippen molar-refractivity contribution in [1.82, 2.24) is 4.31 Å². The molecular formula is C9H18N2O3S2. The SMILES string of the molecule is CCC(C(N)=S)S(=O)(=O)N1CCCC1CO. The summed E-state index contributed by atoms with van der Waals surface area (Å²) in [6, 6.07) is -0.312. The zero-order chi connectivity index (χ0) is 12.3. The fourth-order valence-corrected chi connectivity index (χ4v) is 4.59. The number of nitrogens with two attached hydrogens (primary N) is 1. The molecule has 1 heterocycles. The number of rotatable bonds is 5. The second kappa shape index (κ2) is 5.39. The molecule has 1 saturated heterocycles. The molecule has 7 heteroatoms. The van der Waals surface area contributed by atoms with Gasteiger partial charge in [0.15, 0.2) is 0 Å². The van der Waals surface area contributed by atoms with Gasteiger partial charge in [-0.3, -0.25) is 0 Å². The summed E-state index contributed by atoms with van der Waals surface area (Å²) >= 11 is 4.78. The van der Waals surface area contributed by atoms with E-state index in [1.54, 1.807) is 6.92 Å². The van der Waals surface area contributed by atoms with Gasteiger partial charge in [0.05, 0.1) is 11.6 Å². The number of sulfonamides is 1. The smallest absolute Gasteiger partial charge is 0.223 e. The summed E-state index contributed by atoms with van der Waals surface area (Å²) < 4.78 is 25.8. The van der Waals surface area contributed by atoms with Crippen LogP contribution >= 0.6 is 12.2 Å². The fraction of sp³-hybridized carbons (Fsp3) is 0.889. The largest absolute Gasteiger partial charge is 0.395 e. The van der Waals surface area contributed by atoms with Gasteiger partial charge in [0, 0.05) is 12.6 Å². The maximum atomic E-state index is 12.2. The van der Waals surface area contributed by atoms with Crippen molar-refractivity contribution in [3.63, 3.8) is 0 Å². The first-order valence-electron chi connectivity index (χ1n) is 5.36. The summed E-state index contributed by atoms with van der Waals surface area (Å²) in [7, 11) is -3.50. The van der Waals surface area contributed by atoms with Crippen LogP contribution in [-0.4, -0.2) is 47.3 Å². The predicted molar refractivity (Wildman–Crippen MR) is 66.6 cm³/mol. The quantitative estimate of drug-likeness (QED) is 0.675. The summed E-state index contributed by atoms with van der Waals surface area (Å²) in [5.74, 6) is 0. The van der Waals surface area contributed by atoms with Crippen LogP contribution in [0, 0.1) is 0 Å². The van der Waals surface area contributed by atoms with Crippen LogP contribution in [0.15, 0.2) is 0 Å². The monoisotopic (exact) mass is 266 g/mol. The molecule has 2 unspecified atom stereocenters. The van der Waals surface area contributed by atoms with Gasteiger partial charge in [-0.25, -0.2) is 8.42 Å². The van der Waals surface area contributed by atoms with Gasteiger partial charge in [0.25, 0.3) is 0 Å². The van der Waals surface area contributed by atoms with Gasteiger partial charge in [-0.15, -0.1) is 0 Å². The minimum atomic E-state index is -3.50. The maximum Gasteiger partial charge on any atom is 0.223 e. The third-order valence-electron chi connectivity index (χ3n) is 2.91. The van der Waals surface area contributed by atoms with Crippen molar-refractivity contribution >= 4 is 27.2 Å². The third-order valence-corrected chi connectivity index (χ3v) is 5.78. The lowest BCUT2D eigenvalue weighted by Crippen LogP contribution is -2.47. The topological polar surface area (TPSA) is 83.6 Å². The molecule has 16 heavy (non-hydrogen) atoms. The van der Waals surface area contributed by atoms with E-state index in [4.69, 9.17) is 23.1 Å². The highest BCUT2D eigenvalue weighted by atomic mass is 32.2. The Labute approximate surface area is 102 Å². The van der Waals surface area contributed by atoms with E-state index in [2.05, 4.69) is 0 Å². The van der Waals surface area contributed by atoms with E-state index in [0.29, 0.717) is 19.4 Å². The molecule has 0 radical (unpaired) electrons. The molecule has 2 atom stereocenters. The van der Waals surface area contributed by atoms with Gasteiger partial charge >= 0.3 is 0 Å². The number of hydrogen-bond acceptors (Lipinski definition) is 4. The predicted octanol–water partition coefficient (Wildman–Crippen LogP) is -0.162. The summed E-state index contributed by atoms with van der Waals surface area (Å²) in [6.07, 6.45) is 1.84. The first-order valence-corrected chi connectivity index (χ1v) is 7.27. The van der Waals surface area contributed by atoms with Crippen LogP contribution in [0.3, 0.4) is 0 Å². The van der Waals surface area contributed by atoms with Gasteiger partial charge in [0.2, 0.25) is 10.0 Å². The molecule has 0 aromatic rings. The van der Waals surface area contributed by atoms with Gasteiger partial charge < -0.3 is 10.8 Å². The summed E-state index contributed by atoms with van der Waals surface area (Å²) in [5.41, 5.74) is 5.45. The molecule has 0 aromatic heterocycles. The first-order chi connectivity index (χ1) is 7.45. The molecule has 0 bridgehead atoms. The van der Waals surface area contributed by atoms with E-state index < -0.39 is 15.3 Å². The minimum Gasteiger partial charge on any atom is -0.395 e. The second-order valence-electron chi connectivity index (χ2n) is 3.93. The minimum absolute atomic E-state index is 0.00564. The average Bonchev–Trinajstić information content (AvgIpc) is 2.65. The molecule has 0 saturated carbocycles. The zero-order valence-electron chi connectivity index (χ0n) is 9.30. The van der Waals surface area contributed by atoms with Crippen molar-refractivity contribution in [1.29, 1.82) is 0 Å². The molecular weight excluding hydrogens is 248 g/mol. The van der Waals surface area contributed by atoms with Crippen LogP contribution in [0.25, 0.3) is 0 Å². The van der Waals surface area contributed by atoms with Crippen LogP contribution in [-0.2, 0) is 10.0 Å². The Kier molecular flexibility index (Phi) is 4.66. The molecule has 1 aliphatic heterocycles. The number of nitrogens with zero attached hydrogens (tertiary/aromatic N) is 1. The van der Waals surface area contributed by atoms with E-state index in [1.807, 2.05) is 0 Å². The molecule has 1 rings (SSSR count). The molecule has 0 spiro atoms. The van der Waals surface area contributed by atoms with Crippen LogP contribution in [0.5, 0.6) is 0 Å². The van der Waals surface area contributed by atoms with Gasteiger partial charge in [-0.1, -0.05) is 19.1 Å². The second-order valence-corrected chi connectivity index (χ2v) is 6.47. The van der Waals surface area contributed by atoms with Crippen molar-refractivity contribution < 1.29 is 13.5 Å². The summed E-state index contributed by atoms with van der Waals surface area (Å²) in [5, 5.41) is 8.31. The van der Waals surface area contributed by atoms with Crippen LogP contribution < -0.4 is 5.73 Å². The lowest BCUT2D eigenvalue weighted by Gasteiger charge is -2.26. The molecule has 1 fully saturated rings. The third kappa shape index (κ3) is 2.53. The number of aliphatic hydroxyl groups is 1. The fourth-order valence-electron chi connectivity index (χ4n) is 2.05. The van der Waals surface area contributed by atoms with Crippen molar-refractivity contribution in [2.24, 2.45) is 5.73 Å². The van der Waals surface area contributed by atoms with Crippen molar-refractivity contribution in [3.8, 4) is 0 Å². The molecule has 94 valence electrons. The summed E-state index contributed by atoms with van der Waals surface area (Å²) in [4.78, 5) is 0.00564. The molecule has 0 aliphatic carbocycles. The highest BCUT2D eigenvalue weighted by Crippen LogP contribution is 2.24. The van der Waals surface area contributed by atoms with Crippen LogP contribution in [0.1, 0.15) is 26.2 Å². The number of aliphatic hydroxyl groups excluding tert-OH is 1. The Balaban J connectivity index is 2.96. The van der Waals surface area contributed by atoms with Crippen LogP contribution in [0.2, 0.25) is 0 Å². The van der Waals surface area contributed by atoms with E-state index in [1.165, 1.54) is 4.31 Å².